The summed E-state index contributed by atoms with van der Waals surface area (Å²) in [5, 5.41) is 20.0. The topological polar surface area (TPSA) is 117 Å². The van der Waals surface area contributed by atoms with Crippen molar-refractivity contribution in [3.63, 3.8) is 0 Å². The minimum absolute atomic E-state index is 0.172. The summed E-state index contributed by atoms with van der Waals surface area (Å²) in [6.07, 6.45) is 0.172. The van der Waals surface area contributed by atoms with Crippen molar-refractivity contribution in [1.82, 2.24) is 15.1 Å². The Hall–Kier alpha value is -3.39. The number of hydrogen-bond acceptors (Lipinski definition) is 5. The maximum atomic E-state index is 12.7. The minimum Gasteiger partial charge on any atom is -0.343 e. The minimum atomic E-state index is -1.30. The van der Waals surface area contributed by atoms with Crippen LogP contribution in [0.3, 0.4) is 0 Å². The van der Waals surface area contributed by atoms with Gasteiger partial charge in [0.05, 0.1) is 24.1 Å². The van der Waals surface area contributed by atoms with Gasteiger partial charge in [-0.05, 0) is 24.6 Å². The summed E-state index contributed by atoms with van der Waals surface area (Å²) in [4.78, 5) is 39.2. The molecule has 1 N–H and O–H groups in total. The van der Waals surface area contributed by atoms with Gasteiger partial charge in [0.25, 0.3) is 5.91 Å². The van der Waals surface area contributed by atoms with Crippen LogP contribution in [-0.2, 0) is 15.1 Å². The Morgan fingerprint density at radius 1 is 1.28 bits per heavy atom. The zero-order chi connectivity index (χ0) is 18.6. The van der Waals surface area contributed by atoms with Gasteiger partial charge in [0, 0.05) is 13.6 Å². The molecule has 0 spiro atoms. The predicted octanol–water partition coefficient (Wildman–Crippen LogP) is 0.697. The lowest BCUT2D eigenvalue weighted by Crippen LogP contribution is -2.43. The van der Waals surface area contributed by atoms with Gasteiger partial charge in [-0.1, -0.05) is 12.1 Å². The van der Waals surface area contributed by atoms with Crippen molar-refractivity contribution < 1.29 is 14.4 Å². The maximum Gasteiger partial charge on any atom is 0.325 e. The number of carbonyl (C=O) groups is 3. The Labute approximate surface area is 145 Å². The summed E-state index contributed by atoms with van der Waals surface area (Å²) in [7, 11) is 1.51. The SMILES string of the molecule is CN(CCC#N)C(=O)CN1C(=O)NC(C)(c2ccc(C#N)cc2)C1=O. The Morgan fingerprint density at radius 3 is 2.48 bits per heavy atom. The van der Waals surface area contributed by atoms with Crippen LogP contribution < -0.4 is 5.32 Å². The number of hydrogen-bond donors (Lipinski definition) is 1. The average Bonchev–Trinajstić information content (AvgIpc) is 2.83. The molecule has 1 saturated heterocycles. The van der Waals surface area contributed by atoms with Crippen LogP contribution in [0, 0.1) is 22.7 Å². The molecule has 1 atom stereocenters. The standard InChI is InChI=1S/C17H17N5O3/c1-17(13-6-4-12(10-19)5-7-13)15(24)22(16(25)20-17)11-14(23)21(2)9-3-8-18/h4-7H,3,9,11H2,1-2H3,(H,20,25). The van der Waals surface area contributed by atoms with Crippen LogP contribution in [0.5, 0.6) is 0 Å². The molecule has 1 heterocycles. The van der Waals surface area contributed by atoms with Gasteiger partial charge < -0.3 is 10.2 Å². The zero-order valence-corrected chi connectivity index (χ0v) is 13.9. The number of nitriles is 2. The van der Waals surface area contributed by atoms with Crippen molar-refractivity contribution in [3.8, 4) is 12.1 Å². The first kappa shape index (κ1) is 18.0. The first-order valence-electron chi connectivity index (χ1n) is 7.59. The fourth-order valence-corrected chi connectivity index (χ4v) is 2.51. The molecule has 1 aliphatic heterocycles. The molecule has 25 heavy (non-hydrogen) atoms. The van der Waals surface area contributed by atoms with Crippen LogP contribution in [0.1, 0.15) is 24.5 Å². The van der Waals surface area contributed by atoms with Crippen LogP contribution >= 0.6 is 0 Å². The van der Waals surface area contributed by atoms with Gasteiger partial charge in [-0.3, -0.25) is 14.5 Å². The summed E-state index contributed by atoms with van der Waals surface area (Å²) in [6.45, 7) is 1.39. The molecule has 8 nitrogen and oxygen atoms in total. The molecular formula is C17H17N5O3. The highest BCUT2D eigenvalue weighted by atomic mass is 16.2. The Balaban J connectivity index is 2.17. The van der Waals surface area contributed by atoms with Gasteiger partial charge in [0.1, 0.15) is 12.1 Å². The Kier molecular flexibility index (Phi) is 5.04. The van der Waals surface area contributed by atoms with E-state index in [0.717, 1.165) is 4.90 Å². The van der Waals surface area contributed by atoms with Gasteiger partial charge >= 0.3 is 6.03 Å². The normalized spacial score (nSPS) is 19.1. The molecule has 1 fully saturated rings. The number of rotatable bonds is 5. The fraction of sp³-hybridized carbons (Fsp3) is 0.353. The number of nitrogens with one attached hydrogen (secondary N) is 1. The first-order valence-corrected chi connectivity index (χ1v) is 7.59. The quantitative estimate of drug-likeness (QED) is 0.792. The summed E-state index contributed by atoms with van der Waals surface area (Å²) >= 11 is 0. The van der Waals surface area contributed by atoms with Crippen LogP contribution in [-0.4, -0.2) is 47.8 Å². The van der Waals surface area contributed by atoms with Crippen LogP contribution in [0.2, 0.25) is 0 Å². The maximum absolute atomic E-state index is 12.7. The van der Waals surface area contributed by atoms with E-state index in [9.17, 15) is 14.4 Å². The number of urea groups is 1. The third-order valence-corrected chi connectivity index (χ3v) is 4.14. The predicted molar refractivity (Wildman–Crippen MR) is 86.6 cm³/mol. The van der Waals surface area contributed by atoms with Gasteiger partial charge in [-0.15, -0.1) is 0 Å². The van der Waals surface area contributed by atoms with Crippen molar-refractivity contribution in [2.75, 3.05) is 20.1 Å². The Morgan fingerprint density at radius 2 is 1.92 bits per heavy atom. The number of imide groups is 1. The van der Waals surface area contributed by atoms with Crippen molar-refractivity contribution in [3.05, 3.63) is 35.4 Å². The van der Waals surface area contributed by atoms with E-state index in [4.69, 9.17) is 10.5 Å². The molecule has 0 saturated carbocycles. The lowest BCUT2D eigenvalue weighted by Gasteiger charge is -2.23. The largest absolute Gasteiger partial charge is 0.343 e. The van der Waals surface area contributed by atoms with Crippen molar-refractivity contribution in [1.29, 1.82) is 10.5 Å². The van der Waals surface area contributed by atoms with E-state index in [2.05, 4.69) is 5.32 Å². The number of amides is 4. The number of likely N-dealkylation sites (N-methyl/N-ethyl adjacent to an activating group) is 1. The summed E-state index contributed by atoms with van der Waals surface area (Å²) in [6, 6.07) is 9.58. The summed E-state index contributed by atoms with van der Waals surface area (Å²) in [5.41, 5.74) is -0.329. The van der Waals surface area contributed by atoms with Crippen molar-refractivity contribution in [2.45, 2.75) is 18.9 Å². The van der Waals surface area contributed by atoms with E-state index in [1.165, 1.54) is 11.9 Å². The fourth-order valence-electron chi connectivity index (χ4n) is 2.51. The van der Waals surface area contributed by atoms with Crippen molar-refractivity contribution >= 4 is 17.8 Å². The lowest BCUT2D eigenvalue weighted by atomic mass is 9.91. The van der Waals surface area contributed by atoms with E-state index < -0.39 is 29.9 Å². The smallest absolute Gasteiger partial charge is 0.325 e. The van der Waals surface area contributed by atoms with Gasteiger partial charge in [-0.25, -0.2) is 4.79 Å². The third-order valence-electron chi connectivity index (χ3n) is 4.14. The van der Waals surface area contributed by atoms with E-state index in [1.54, 1.807) is 31.2 Å². The van der Waals surface area contributed by atoms with Gasteiger partial charge in [-0.2, -0.15) is 10.5 Å². The number of nitrogens with zero attached hydrogens (tertiary/aromatic N) is 4. The molecule has 1 aliphatic rings. The monoisotopic (exact) mass is 339 g/mol. The lowest BCUT2D eigenvalue weighted by molar-refractivity contribution is -0.138. The van der Waals surface area contributed by atoms with Crippen LogP contribution in [0.4, 0.5) is 4.79 Å². The molecule has 0 aliphatic carbocycles. The zero-order valence-electron chi connectivity index (χ0n) is 13.9. The van der Waals surface area contributed by atoms with E-state index in [1.807, 2.05) is 12.1 Å². The third kappa shape index (κ3) is 3.43. The van der Waals surface area contributed by atoms with Gasteiger partial charge in [0.15, 0.2) is 0 Å². The summed E-state index contributed by atoms with van der Waals surface area (Å²) < 4.78 is 0. The molecule has 0 radical (unpaired) electrons. The van der Waals surface area contributed by atoms with Crippen molar-refractivity contribution in [2.24, 2.45) is 0 Å². The van der Waals surface area contributed by atoms with Crippen LogP contribution in [0.25, 0.3) is 0 Å². The highest BCUT2D eigenvalue weighted by Crippen LogP contribution is 2.28. The molecule has 0 bridgehead atoms. The highest BCUT2D eigenvalue weighted by molar-refractivity contribution is 6.09. The summed E-state index contributed by atoms with van der Waals surface area (Å²) in [5.74, 6) is -0.966. The molecule has 0 aromatic heterocycles. The first-order chi connectivity index (χ1) is 11.8. The molecule has 128 valence electrons. The number of benzene rings is 1. The molecule has 4 amide bonds. The second-order valence-electron chi connectivity index (χ2n) is 5.86. The number of carbonyl (C=O) groups excluding carboxylic acids is 3. The van der Waals surface area contributed by atoms with Crippen LogP contribution in [0.15, 0.2) is 24.3 Å². The second-order valence-corrected chi connectivity index (χ2v) is 5.86. The second kappa shape index (κ2) is 7.02. The molecule has 2 rings (SSSR count). The van der Waals surface area contributed by atoms with E-state index in [-0.39, 0.29) is 13.0 Å². The average molecular weight is 339 g/mol. The van der Waals surface area contributed by atoms with Gasteiger partial charge in [0.2, 0.25) is 5.91 Å². The Bertz CT molecular complexity index is 790. The molecule has 1 aromatic carbocycles. The highest BCUT2D eigenvalue weighted by Gasteiger charge is 2.49. The van der Waals surface area contributed by atoms with E-state index >= 15 is 0 Å². The van der Waals surface area contributed by atoms with E-state index in [0.29, 0.717) is 11.1 Å². The molecule has 1 unspecified atom stereocenters. The molecule has 8 heteroatoms. The molecular weight excluding hydrogens is 322 g/mol. The molecule has 1 aromatic rings.